The summed E-state index contributed by atoms with van der Waals surface area (Å²) >= 11 is 0. The lowest BCUT2D eigenvalue weighted by Gasteiger charge is -2.13. The van der Waals surface area contributed by atoms with E-state index >= 15 is 0 Å². The van der Waals surface area contributed by atoms with Gasteiger partial charge in [0.15, 0.2) is 17.6 Å². The fourth-order valence-corrected chi connectivity index (χ4v) is 2.66. The highest BCUT2D eigenvalue weighted by atomic mass is 16.5. The number of phenols is 1. The smallest absolute Gasteiger partial charge is 0.280 e. The van der Waals surface area contributed by atoms with Crippen molar-refractivity contribution in [3.8, 4) is 28.4 Å². The molecule has 1 unspecified atom stereocenters. The van der Waals surface area contributed by atoms with E-state index in [2.05, 4.69) is 10.5 Å². The van der Waals surface area contributed by atoms with Crippen molar-refractivity contribution in [3.05, 3.63) is 78.4 Å². The minimum absolute atomic E-state index is 0.00146. The molecule has 0 bridgehead atoms. The zero-order valence-electron chi connectivity index (χ0n) is 16.2. The molecule has 0 saturated carbocycles. The lowest BCUT2D eigenvalue weighted by molar-refractivity contribution is -0.127. The summed E-state index contributed by atoms with van der Waals surface area (Å²) < 4.78 is 10.7. The van der Waals surface area contributed by atoms with Crippen LogP contribution in [-0.4, -0.2) is 30.4 Å². The summed E-state index contributed by atoms with van der Waals surface area (Å²) in [5.74, 6) is 0.576. The first-order valence-electron chi connectivity index (χ1n) is 9.09. The van der Waals surface area contributed by atoms with Crippen LogP contribution in [0, 0.1) is 0 Å². The highest BCUT2D eigenvalue weighted by molar-refractivity contribution is 5.84. The number of aromatic hydroxyl groups is 1. The quantitative estimate of drug-likeness (QED) is 0.472. The molecule has 3 aromatic carbocycles. The summed E-state index contributed by atoms with van der Waals surface area (Å²) in [5.41, 5.74) is 5.23. The number of phenolic OH excluding ortho intramolecular Hbond substituents is 1. The maximum absolute atomic E-state index is 12.2. The third-order valence-electron chi connectivity index (χ3n) is 4.23. The van der Waals surface area contributed by atoms with Crippen LogP contribution in [0.25, 0.3) is 11.1 Å². The zero-order chi connectivity index (χ0) is 20.6. The van der Waals surface area contributed by atoms with E-state index in [0.717, 1.165) is 11.1 Å². The second-order valence-corrected chi connectivity index (χ2v) is 6.32. The molecule has 0 heterocycles. The predicted molar refractivity (Wildman–Crippen MR) is 112 cm³/mol. The minimum atomic E-state index is -0.723. The minimum Gasteiger partial charge on any atom is -0.504 e. The predicted octanol–water partition coefficient (Wildman–Crippen LogP) is 3.99. The van der Waals surface area contributed by atoms with E-state index in [1.54, 1.807) is 19.1 Å². The van der Waals surface area contributed by atoms with E-state index in [0.29, 0.717) is 17.1 Å². The Hall–Kier alpha value is -3.80. The summed E-state index contributed by atoms with van der Waals surface area (Å²) in [6, 6.07) is 22.4. The van der Waals surface area contributed by atoms with Crippen LogP contribution in [0.2, 0.25) is 0 Å². The van der Waals surface area contributed by atoms with Gasteiger partial charge in [-0.2, -0.15) is 5.10 Å². The van der Waals surface area contributed by atoms with Crippen LogP contribution in [0.5, 0.6) is 17.2 Å². The third kappa shape index (κ3) is 5.35. The lowest BCUT2D eigenvalue weighted by Crippen LogP contribution is -2.33. The molecule has 0 saturated heterocycles. The number of amides is 1. The van der Waals surface area contributed by atoms with E-state index in [1.165, 1.54) is 19.4 Å². The Labute approximate surface area is 169 Å². The van der Waals surface area contributed by atoms with Gasteiger partial charge in [0.1, 0.15) is 5.75 Å². The molecule has 0 fully saturated rings. The Morgan fingerprint density at radius 3 is 2.38 bits per heavy atom. The molecule has 2 N–H and O–H groups in total. The van der Waals surface area contributed by atoms with Crippen LogP contribution in [0.1, 0.15) is 12.5 Å². The maximum atomic E-state index is 12.2. The molecule has 3 rings (SSSR count). The number of carbonyl (C=O) groups is 1. The molecule has 6 heteroatoms. The molecule has 0 aliphatic rings. The lowest BCUT2D eigenvalue weighted by atomic mass is 10.1. The number of hydrogen-bond acceptors (Lipinski definition) is 5. The van der Waals surface area contributed by atoms with Crippen LogP contribution in [-0.2, 0) is 4.79 Å². The Balaban J connectivity index is 1.54. The Kier molecular flexibility index (Phi) is 6.47. The molecular weight excluding hydrogens is 368 g/mol. The zero-order valence-corrected chi connectivity index (χ0v) is 16.2. The number of benzene rings is 3. The molecule has 0 spiro atoms. The third-order valence-corrected chi connectivity index (χ3v) is 4.23. The first-order valence-corrected chi connectivity index (χ1v) is 9.09. The molecule has 148 valence electrons. The van der Waals surface area contributed by atoms with Gasteiger partial charge in [0, 0.05) is 0 Å². The van der Waals surface area contributed by atoms with Crippen molar-refractivity contribution in [2.45, 2.75) is 13.0 Å². The van der Waals surface area contributed by atoms with Crippen LogP contribution >= 0.6 is 0 Å². The highest BCUT2D eigenvalue weighted by Gasteiger charge is 2.14. The van der Waals surface area contributed by atoms with Crippen molar-refractivity contribution in [2.75, 3.05) is 7.11 Å². The largest absolute Gasteiger partial charge is 0.504 e. The van der Waals surface area contributed by atoms with Gasteiger partial charge in [-0.25, -0.2) is 5.43 Å². The van der Waals surface area contributed by atoms with Gasteiger partial charge in [0.25, 0.3) is 5.91 Å². The SMILES string of the molecule is COc1ccc(/C=N/NC(=O)C(C)Oc2ccc(-c3ccccc3)cc2)cc1O. The average molecular weight is 390 g/mol. The summed E-state index contributed by atoms with van der Waals surface area (Å²) in [6.45, 7) is 1.65. The highest BCUT2D eigenvalue weighted by Crippen LogP contribution is 2.25. The van der Waals surface area contributed by atoms with Gasteiger partial charge in [-0.05, 0) is 53.9 Å². The van der Waals surface area contributed by atoms with Crippen molar-refractivity contribution in [1.29, 1.82) is 0 Å². The van der Waals surface area contributed by atoms with Crippen LogP contribution in [0.4, 0.5) is 0 Å². The number of methoxy groups -OCH3 is 1. The number of nitrogens with zero attached hydrogens (tertiary/aromatic N) is 1. The summed E-state index contributed by atoms with van der Waals surface area (Å²) in [6.07, 6.45) is 0.706. The average Bonchev–Trinajstić information content (AvgIpc) is 2.75. The van der Waals surface area contributed by atoms with Crippen LogP contribution in [0.15, 0.2) is 77.9 Å². The van der Waals surface area contributed by atoms with E-state index < -0.39 is 6.10 Å². The number of hydrogen-bond donors (Lipinski definition) is 2. The number of carbonyl (C=O) groups excluding carboxylic acids is 1. The van der Waals surface area contributed by atoms with E-state index in [9.17, 15) is 9.90 Å². The first-order chi connectivity index (χ1) is 14.1. The van der Waals surface area contributed by atoms with E-state index in [1.807, 2.05) is 54.6 Å². The molecule has 0 aliphatic heterocycles. The molecule has 0 aliphatic carbocycles. The Morgan fingerprint density at radius 1 is 1.03 bits per heavy atom. The first kappa shape index (κ1) is 19.9. The Morgan fingerprint density at radius 2 is 1.72 bits per heavy atom. The summed E-state index contributed by atoms with van der Waals surface area (Å²) in [7, 11) is 1.47. The van der Waals surface area contributed by atoms with Gasteiger partial charge in [0.05, 0.1) is 13.3 Å². The molecular formula is C23H22N2O4. The van der Waals surface area contributed by atoms with Crippen molar-refractivity contribution < 1.29 is 19.4 Å². The number of rotatable bonds is 7. The second kappa shape index (κ2) is 9.41. The fraction of sp³-hybridized carbons (Fsp3) is 0.130. The van der Waals surface area contributed by atoms with Crippen LogP contribution in [0.3, 0.4) is 0 Å². The second-order valence-electron chi connectivity index (χ2n) is 6.32. The Bertz CT molecular complexity index is 986. The van der Waals surface area contributed by atoms with Crippen LogP contribution < -0.4 is 14.9 Å². The molecule has 1 atom stereocenters. The van der Waals surface area contributed by atoms with Gasteiger partial charge in [-0.1, -0.05) is 42.5 Å². The van der Waals surface area contributed by atoms with Gasteiger partial charge in [-0.3, -0.25) is 4.79 Å². The van der Waals surface area contributed by atoms with Gasteiger partial charge in [0.2, 0.25) is 0 Å². The number of hydrazone groups is 1. The summed E-state index contributed by atoms with van der Waals surface area (Å²) in [5, 5.41) is 13.6. The molecule has 6 nitrogen and oxygen atoms in total. The number of nitrogens with one attached hydrogen (secondary N) is 1. The van der Waals surface area contributed by atoms with E-state index in [4.69, 9.17) is 9.47 Å². The molecule has 0 aromatic heterocycles. The van der Waals surface area contributed by atoms with Crippen molar-refractivity contribution in [1.82, 2.24) is 5.43 Å². The fourth-order valence-electron chi connectivity index (χ4n) is 2.66. The van der Waals surface area contributed by atoms with E-state index in [-0.39, 0.29) is 11.7 Å². The van der Waals surface area contributed by atoms with Gasteiger partial charge in [-0.15, -0.1) is 0 Å². The van der Waals surface area contributed by atoms with Gasteiger partial charge < -0.3 is 14.6 Å². The van der Waals surface area contributed by atoms with Crippen molar-refractivity contribution >= 4 is 12.1 Å². The molecule has 29 heavy (non-hydrogen) atoms. The summed E-state index contributed by atoms with van der Waals surface area (Å²) in [4.78, 5) is 12.2. The van der Waals surface area contributed by atoms with Gasteiger partial charge >= 0.3 is 0 Å². The number of ether oxygens (including phenoxy) is 2. The topological polar surface area (TPSA) is 80.2 Å². The molecule has 0 radical (unpaired) electrons. The standard InChI is InChI=1S/C23H22N2O4/c1-16(23(27)25-24-15-17-8-13-22(28-2)21(26)14-17)29-20-11-9-19(10-12-20)18-6-4-3-5-7-18/h3-16,26H,1-2H3,(H,25,27)/b24-15+. The molecule has 3 aromatic rings. The van der Waals surface area contributed by atoms with Crippen molar-refractivity contribution in [2.24, 2.45) is 5.10 Å². The van der Waals surface area contributed by atoms with Crippen molar-refractivity contribution in [3.63, 3.8) is 0 Å². The normalized spacial score (nSPS) is 11.8. The molecule has 1 amide bonds. The maximum Gasteiger partial charge on any atom is 0.280 e. The monoisotopic (exact) mass is 390 g/mol.